The second-order valence-electron chi connectivity index (χ2n) is 5.56. The summed E-state index contributed by atoms with van der Waals surface area (Å²) in [6, 6.07) is 0. The Bertz CT molecular complexity index is 560. The Balaban J connectivity index is 3.20. The molecular weight excluding hydrogens is 260 g/mol. The van der Waals surface area contributed by atoms with Gasteiger partial charge in [-0.05, 0) is 0 Å². The molecular formula is C18H24BFN. The van der Waals surface area contributed by atoms with Crippen molar-refractivity contribution in [1.82, 2.24) is 0 Å². The Morgan fingerprint density at radius 2 is 2.05 bits per heavy atom. The van der Waals surface area contributed by atoms with Crippen LogP contribution in [0.15, 0.2) is 51.3 Å². The molecule has 0 aliphatic heterocycles. The van der Waals surface area contributed by atoms with E-state index in [1.807, 2.05) is 6.92 Å². The summed E-state index contributed by atoms with van der Waals surface area (Å²) >= 11 is 0. The first-order chi connectivity index (χ1) is 9.94. The number of aliphatic imine (C=N–C) groups is 1. The normalized spacial score (nSPS) is 21.6. The summed E-state index contributed by atoms with van der Waals surface area (Å²) in [7, 11) is 6.96. The van der Waals surface area contributed by atoms with Gasteiger partial charge < -0.3 is 0 Å². The van der Waals surface area contributed by atoms with Gasteiger partial charge >= 0.3 is 128 Å². The first kappa shape index (κ1) is 17.5. The molecule has 3 heteroatoms. The minimum atomic E-state index is -0.335. The van der Waals surface area contributed by atoms with Crippen molar-refractivity contribution in [3.8, 4) is 0 Å². The zero-order valence-corrected chi connectivity index (χ0v) is 13.7. The number of rotatable bonds is 4. The van der Waals surface area contributed by atoms with Crippen molar-refractivity contribution >= 4 is 19.2 Å². The van der Waals surface area contributed by atoms with Crippen molar-refractivity contribution in [2.45, 2.75) is 40.5 Å². The molecule has 0 fully saturated rings. The Kier molecular flexibility index (Phi) is 6.74. The third-order valence-corrected chi connectivity index (χ3v) is 3.64. The van der Waals surface area contributed by atoms with Gasteiger partial charge in [-0.25, -0.2) is 0 Å². The third-order valence-electron chi connectivity index (χ3n) is 3.64. The molecule has 1 radical (unpaired) electrons. The molecule has 0 heterocycles. The minimum absolute atomic E-state index is 0.207. The summed E-state index contributed by atoms with van der Waals surface area (Å²) in [6.45, 7) is 8.15. The maximum atomic E-state index is 14.3. The molecule has 0 unspecified atom stereocenters. The van der Waals surface area contributed by atoms with Crippen molar-refractivity contribution in [1.29, 1.82) is 0 Å². The van der Waals surface area contributed by atoms with Gasteiger partial charge in [0.2, 0.25) is 0 Å². The van der Waals surface area contributed by atoms with Gasteiger partial charge in [0, 0.05) is 0 Å². The number of hydrogen-bond acceptors (Lipinski definition) is 1. The van der Waals surface area contributed by atoms with Crippen LogP contribution in [-0.4, -0.2) is 26.2 Å². The zero-order valence-electron chi connectivity index (χ0n) is 13.7. The van der Waals surface area contributed by atoms with Crippen LogP contribution in [-0.2, 0) is 0 Å². The summed E-state index contributed by atoms with van der Waals surface area (Å²) in [5, 5.41) is 0. The Morgan fingerprint density at radius 1 is 1.38 bits per heavy atom. The van der Waals surface area contributed by atoms with E-state index in [1.165, 1.54) is 17.1 Å². The van der Waals surface area contributed by atoms with Gasteiger partial charge in [0.1, 0.15) is 0 Å². The molecule has 21 heavy (non-hydrogen) atoms. The van der Waals surface area contributed by atoms with Crippen LogP contribution in [0.4, 0.5) is 4.39 Å². The topological polar surface area (TPSA) is 12.4 Å². The average Bonchev–Trinajstić information content (AvgIpc) is 2.47. The van der Waals surface area contributed by atoms with Gasteiger partial charge in [-0.1, -0.05) is 0 Å². The van der Waals surface area contributed by atoms with E-state index in [0.29, 0.717) is 11.5 Å². The van der Waals surface area contributed by atoms with Crippen LogP contribution in [0.25, 0.3) is 0 Å². The quantitative estimate of drug-likeness (QED) is 0.531. The third kappa shape index (κ3) is 4.49. The van der Waals surface area contributed by atoms with Crippen LogP contribution in [0.3, 0.4) is 0 Å². The average molecular weight is 284 g/mol. The van der Waals surface area contributed by atoms with Crippen molar-refractivity contribution in [3.05, 3.63) is 46.3 Å². The predicted octanol–water partition coefficient (Wildman–Crippen LogP) is 4.52. The Morgan fingerprint density at radius 3 is 2.52 bits per heavy atom. The van der Waals surface area contributed by atoms with E-state index in [2.05, 4.69) is 37.1 Å². The molecule has 1 aliphatic carbocycles. The van der Waals surface area contributed by atoms with Crippen molar-refractivity contribution in [2.24, 2.45) is 10.9 Å². The summed E-state index contributed by atoms with van der Waals surface area (Å²) in [5.74, 6) is 1.39. The second-order valence-corrected chi connectivity index (χ2v) is 5.56. The van der Waals surface area contributed by atoms with E-state index in [9.17, 15) is 4.39 Å². The van der Waals surface area contributed by atoms with Gasteiger partial charge in [-0.3, -0.25) is 0 Å². The van der Waals surface area contributed by atoms with Crippen LogP contribution in [0.1, 0.15) is 40.5 Å². The van der Waals surface area contributed by atoms with Crippen LogP contribution < -0.4 is 0 Å². The van der Waals surface area contributed by atoms with Gasteiger partial charge in [-0.15, -0.1) is 0 Å². The fourth-order valence-electron chi connectivity index (χ4n) is 2.49. The van der Waals surface area contributed by atoms with Crippen molar-refractivity contribution < 1.29 is 4.39 Å². The Hall–Kier alpha value is -1.51. The van der Waals surface area contributed by atoms with Crippen LogP contribution in [0, 0.1) is 5.92 Å². The molecule has 0 saturated carbocycles. The molecule has 111 valence electrons. The molecule has 0 aromatic carbocycles. The number of nitrogens with zero attached hydrogens (tertiary/aromatic N) is 1. The summed E-state index contributed by atoms with van der Waals surface area (Å²) in [4.78, 5) is 3.87. The zero-order chi connectivity index (χ0) is 16.0. The first-order valence-electron chi connectivity index (χ1n) is 7.41. The van der Waals surface area contributed by atoms with Crippen molar-refractivity contribution in [3.63, 3.8) is 0 Å². The molecule has 0 aromatic heterocycles. The van der Waals surface area contributed by atoms with Gasteiger partial charge in [0.15, 0.2) is 0 Å². The fourth-order valence-corrected chi connectivity index (χ4v) is 2.49. The molecule has 0 saturated heterocycles. The van der Waals surface area contributed by atoms with E-state index < -0.39 is 0 Å². The molecule has 0 N–H and O–H groups in total. The van der Waals surface area contributed by atoms with E-state index in [4.69, 9.17) is 7.49 Å². The fraction of sp³-hybridized carbons (Fsp3) is 0.444. The Labute approximate surface area is 129 Å². The van der Waals surface area contributed by atoms with Gasteiger partial charge in [0.25, 0.3) is 0 Å². The maximum absolute atomic E-state index is 14.3. The predicted molar refractivity (Wildman–Crippen MR) is 93.0 cm³/mol. The van der Waals surface area contributed by atoms with Crippen LogP contribution in [0.5, 0.6) is 0 Å². The van der Waals surface area contributed by atoms with Crippen molar-refractivity contribution in [2.75, 3.05) is 7.05 Å². The van der Waals surface area contributed by atoms with Gasteiger partial charge in [0.05, 0.1) is 0 Å². The van der Waals surface area contributed by atoms with E-state index in [1.54, 1.807) is 14.0 Å². The molecule has 0 aromatic rings. The monoisotopic (exact) mass is 284 g/mol. The second kappa shape index (κ2) is 8.06. The number of halogens is 1. The van der Waals surface area contributed by atoms with Crippen LogP contribution in [0.2, 0.25) is 0 Å². The van der Waals surface area contributed by atoms with E-state index >= 15 is 0 Å². The molecule has 0 atom stereocenters. The SMILES string of the molecule is [B]=CC(=NC)/C(F)=C(\C)C1=CC(=C/C)/C(=C\C(C)C)CC1. The molecule has 0 bridgehead atoms. The summed E-state index contributed by atoms with van der Waals surface area (Å²) in [5.41, 5.74) is 4.38. The standard InChI is InChI=1S/C18H24BFN/c1-6-14-10-15(7-8-16(14)9-12(2)3)13(4)18(20)17(11-19)21-5/h6,9-12H,7-8H2,1-5H3/b14-6-,16-9-,18-13-,21-17?. The van der Waals surface area contributed by atoms with E-state index in [0.717, 1.165) is 18.4 Å². The summed E-state index contributed by atoms with van der Waals surface area (Å²) in [6.07, 6.45) is 8.24. The van der Waals surface area contributed by atoms with Gasteiger partial charge in [-0.2, -0.15) is 0 Å². The number of allylic oxidation sites excluding steroid dienone is 8. The molecule has 0 spiro atoms. The molecule has 1 aliphatic rings. The molecule has 1 rings (SSSR count). The molecule has 1 nitrogen and oxygen atoms in total. The number of hydrogen-bond donors (Lipinski definition) is 0. The van der Waals surface area contributed by atoms with E-state index in [-0.39, 0.29) is 11.5 Å². The summed E-state index contributed by atoms with van der Waals surface area (Å²) < 4.78 is 14.3. The first-order valence-corrected chi connectivity index (χ1v) is 7.41. The van der Waals surface area contributed by atoms with Crippen LogP contribution >= 0.6 is 0 Å². The molecule has 0 amide bonds.